The van der Waals surface area contributed by atoms with Gasteiger partial charge in [-0.05, 0) is 48.5 Å². The van der Waals surface area contributed by atoms with Crippen molar-refractivity contribution in [2.75, 3.05) is 16.2 Å². The predicted molar refractivity (Wildman–Crippen MR) is 115 cm³/mol. The monoisotopic (exact) mass is 496 g/mol. The van der Waals surface area contributed by atoms with Gasteiger partial charge in [0.05, 0.1) is 16.3 Å². The van der Waals surface area contributed by atoms with Crippen LogP contribution in [0.5, 0.6) is 0 Å². The number of nitrogens with one attached hydrogen (secondary N) is 1. The summed E-state index contributed by atoms with van der Waals surface area (Å²) in [6.07, 6.45) is 0. The van der Waals surface area contributed by atoms with Gasteiger partial charge in [0.2, 0.25) is 5.91 Å². The van der Waals surface area contributed by atoms with Crippen LogP contribution in [0.25, 0.3) is 0 Å². The third-order valence-electron chi connectivity index (χ3n) is 3.92. The molecule has 0 bridgehead atoms. The first-order chi connectivity index (χ1) is 13.8. The van der Waals surface area contributed by atoms with Crippen LogP contribution in [0.3, 0.4) is 0 Å². The normalized spacial score (nSPS) is 11.1. The maximum absolute atomic E-state index is 14.0. The van der Waals surface area contributed by atoms with Crippen LogP contribution >= 0.6 is 27.5 Å². The zero-order chi connectivity index (χ0) is 21.0. The van der Waals surface area contributed by atoms with Gasteiger partial charge in [0.25, 0.3) is 10.0 Å². The molecule has 0 aromatic heterocycles. The second kappa shape index (κ2) is 8.94. The number of carbonyl (C=O) groups is 1. The van der Waals surface area contributed by atoms with Crippen LogP contribution in [0.4, 0.5) is 15.8 Å². The predicted octanol–water partition coefficient (Wildman–Crippen LogP) is 5.08. The molecule has 5 nitrogen and oxygen atoms in total. The molecule has 1 N–H and O–H groups in total. The van der Waals surface area contributed by atoms with E-state index in [1.54, 1.807) is 36.4 Å². The summed E-state index contributed by atoms with van der Waals surface area (Å²) >= 11 is 9.15. The molecule has 0 heterocycles. The third kappa shape index (κ3) is 5.14. The molecule has 1 amide bonds. The minimum atomic E-state index is -4.06. The molecule has 0 aliphatic heterocycles. The first-order valence-corrected chi connectivity index (χ1v) is 11.0. The van der Waals surface area contributed by atoms with Gasteiger partial charge in [-0.25, -0.2) is 12.8 Å². The molecule has 3 aromatic rings. The van der Waals surface area contributed by atoms with Crippen LogP contribution in [-0.4, -0.2) is 20.9 Å². The van der Waals surface area contributed by atoms with Crippen molar-refractivity contribution in [3.8, 4) is 0 Å². The molecule has 0 aliphatic carbocycles. The molecule has 3 aromatic carbocycles. The summed E-state index contributed by atoms with van der Waals surface area (Å²) in [5.74, 6) is -1.35. The minimum Gasteiger partial charge on any atom is -0.322 e. The number of sulfonamides is 1. The number of rotatable bonds is 6. The quantitative estimate of drug-likeness (QED) is 0.517. The highest BCUT2D eigenvalue weighted by Gasteiger charge is 2.27. The minimum absolute atomic E-state index is 0.0163. The maximum atomic E-state index is 14.0. The van der Waals surface area contributed by atoms with E-state index in [1.165, 1.54) is 36.4 Å². The Labute approximate surface area is 181 Å². The van der Waals surface area contributed by atoms with Crippen LogP contribution in [0.15, 0.2) is 82.2 Å². The molecule has 0 radical (unpaired) electrons. The van der Waals surface area contributed by atoms with Gasteiger partial charge in [0.15, 0.2) is 0 Å². The lowest BCUT2D eigenvalue weighted by molar-refractivity contribution is -0.114. The molecule has 0 saturated heterocycles. The molecule has 3 rings (SSSR count). The van der Waals surface area contributed by atoms with Crippen molar-refractivity contribution in [1.29, 1.82) is 0 Å². The van der Waals surface area contributed by atoms with Gasteiger partial charge in [-0.15, -0.1) is 0 Å². The second-order valence-corrected chi connectivity index (χ2v) is 9.19. The number of hydrogen-bond donors (Lipinski definition) is 1. The van der Waals surface area contributed by atoms with E-state index in [0.717, 1.165) is 4.31 Å². The average Bonchev–Trinajstić information content (AvgIpc) is 2.69. The van der Waals surface area contributed by atoms with E-state index in [2.05, 4.69) is 21.2 Å². The van der Waals surface area contributed by atoms with E-state index < -0.39 is 28.3 Å². The van der Waals surface area contributed by atoms with Gasteiger partial charge in [0.1, 0.15) is 12.4 Å². The Kier molecular flexibility index (Phi) is 6.56. The van der Waals surface area contributed by atoms with Crippen molar-refractivity contribution in [1.82, 2.24) is 0 Å². The van der Waals surface area contributed by atoms with E-state index in [0.29, 0.717) is 9.50 Å². The van der Waals surface area contributed by atoms with E-state index in [9.17, 15) is 17.6 Å². The molecular formula is C20H15BrClFN2O3S. The van der Waals surface area contributed by atoms with Crippen LogP contribution in [0.2, 0.25) is 5.02 Å². The molecule has 0 fully saturated rings. The molecule has 0 aliphatic rings. The molecule has 9 heteroatoms. The van der Waals surface area contributed by atoms with Crippen molar-refractivity contribution in [2.24, 2.45) is 0 Å². The Bertz CT molecular complexity index is 1140. The highest BCUT2D eigenvalue weighted by atomic mass is 79.9. The number of halogens is 3. The van der Waals surface area contributed by atoms with Crippen molar-refractivity contribution in [2.45, 2.75) is 4.90 Å². The molecule has 150 valence electrons. The Hall–Kier alpha value is -2.42. The Morgan fingerprint density at radius 2 is 1.76 bits per heavy atom. The van der Waals surface area contributed by atoms with Crippen molar-refractivity contribution < 1.29 is 17.6 Å². The van der Waals surface area contributed by atoms with Gasteiger partial charge >= 0.3 is 0 Å². The average molecular weight is 498 g/mol. The lowest BCUT2D eigenvalue weighted by Crippen LogP contribution is -2.38. The van der Waals surface area contributed by atoms with Gasteiger partial charge in [-0.2, -0.15) is 0 Å². The largest absolute Gasteiger partial charge is 0.322 e. The summed E-state index contributed by atoms with van der Waals surface area (Å²) in [7, 11) is -4.06. The number of anilines is 2. The molecule has 0 unspecified atom stereocenters. The molecule has 0 saturated carbocycles. The van der Waals surface area contributed by atoms with Crippen LogP contribution in [-0.2, 0) is 14.8 Å². The lowest BCUT2D eigenvalue weighted by atomic mass is 10.3. The van der Waals surface area contributed by atoms with E-state index >= 15 is 0 Å². The fourth-order valence-corrected chi connectivity index (χ4v) is 4.53. The Balaban J connectivity index is 1.94. The van der Waals surface area contributed by atoms with E-state index in [1.807, 2.05) is 0 Å². The molecule has 0 atom stereocenters. The first-order valence-electron chi connectivity index (χ1n) is 8.35. The second-order valence-electron chi connectivity index (χ2n) is 5.98. The Morgan fingerprint density at radius 3 is 2.41 bits per heavy atom. The van der Waals surface area contributed by atoms with Crippen LogP contribution in [0.1, 0.15) is 0 Å². The molecular weight excluding hydrogens is 483 g/mol. The first kappa shape index (κ1) is 21.3. The maximum Gasteiger partial charge on any atom is 0.264 e. The topological polar surface area (TPSA) is 66.5 Å². The zero-order valence-electron chi connectivity index (χ0n) is 14.8. The van der Waals surface area contributed by atoms with E-state index in [-0.39, 0.29) is 16.3 Å². The van der Waals surface area contributed by atoms with Gasteiger partial charge in [-0.3, -0.25) is 9.10 Å². The summed E-state index contributed by atoms with van der Waals surface area (Å²) in [5, 5.41) is 2.72. The summed E-state index contributed by atoms with van der Waals surface area (Å²) in [4.78, 5) is 12.6. The lowest BCUT2D eigenvalue weighted by Gasteiger charge is -2.24. The number of carbonyl (C=O) groups excluding carboxylic acids is 1. The fraction of sp³-hybridized carbons (Fsp3) is 0.0500. The fourth-order valence-electron chi connectivity index (χ4n) is 2.58. The zero-order valence-corrected chi connectivity index (χ0v) is 18.0. The highest BCUT2D eigenvalue weighted by Crippen LogP contribution is 2.26. The summed E-state index contributed by atoms with van der Waals surface area (Å²) in [6.45, 7) is -0.562. The van der Waals surface area contributed by atoms with E-state index in [4.69, 9.17) is 11.6 Å². The van der Waals surface area contributed by atoms with Crippen molar-refractivity contribution >= 4 is 54.8 Å². The van der Waals surface area contributed by atoms with Gasteiger partial charge in [0, 0.05) is 9.50 Å². The highest BCUT2D eigenvalue weighted by molar-refractivity contribution is 9.10. The summed E-state index contributed by atoms with van der Waals surface area (Å²) in [6, 6.07) is 18.0. The Morgan fingerprint density at radius 1 is 1.03 bits per heavy atom. The van der Waals surface area contributed by atoms with Crippen LogP contribution in [0, 0.1) is 5.82 Å². The molecule has 29 heavy (non-hydrogen) atoms. The van der Waals surface area contributed by atoms with Gasteiger partial charge in [-0.1, -0.05) is 51.8 Å². The number of amides is 1. The molecule has 0 spiro atoms. The number of nitrogens with zero attached hydrogens (tertiary/aromatic N) is 1. The standard InChI is InChI=1S/C20H15BrClFN2O3S/c21-14-9-10-19(18(23)11-14)24-20(26)13-25(16-6-4-5-15(22)12-16)29(27,28)17-7-2-1-3-8-17/h1-12H,13H2,(H,24,26). The number of hydrogen-bond acceptors (Lipinski definition) is 3. The van der Waals surface area contributed by atoms with Crippen molar-refractivity contribution in [3.63, 3.8) is 0 Å². The SMILES string of the molecule is O=C(CN(c1cccc(Cl)c1)S(=O)(=O)c1ccccc1)Nc1ccc(Br)cc1F. The summed E-state index contributed by atoms with van der Waals surface area (Å²) in [5.41, 5.74) is 0.161. The van der Waals surface area contributed by atoms with Crippen LogP contribution < -0.4 is 9.62 Å². The third-order valence-corrected chi connectivity index (χ3v) is 6.44. The summed E-state index contributed by atoms with van der Waals surface area (Å²) < 4.78 is 41.8. The van der Waals surface area contributed by atoms with Crippen molar-refractivity contribution in [3.05, 3.63) is 88.1 Å². The van der Waals surface area contributed by atoms with Gasteiger partial charge < -0.3 is 5.32 Å². The smallest absolute Gasteiger partial charge is 0.264 e. The number of benzene rings is 3.